The van der Waals surface area contributed by atoms with E-state index in [-0.39, 0.29) is 12.3 Å². The van der Waals surface area contributed by atoms with Crippen LogP contribution in [-0.4, -0.2) is 32.7 Å². The number of unbranched alkanes of at least 4 members (excludes halogenated alkanes) is 2. The summed E-state index contributed by atoms with van der Waals surface area (Å²) in [6.45, 7) is 0.546. The second kappa shape index (κ2) is 9.39. The molecule has 0 aromatic heterocycles. The normalized spacial score (nSPS) is 16.5. The number of aliphatic carboxylic acids is 1. The molecule has 1 N–H and O–H groups in total. The number of thioether (sulfide) groups is 1. The lowest BCUT2D eigenvalue weighted by Gasteiger charge is -2.13. The van der Waals surface area contributed by atoms with Gasteiger partial charge < -0.3 is 5.11 Å². The van der Waals surface area contributed by atoms with Crippen molar-refractivity contribution in [2.75, 3.05) is 6.54 Å². The molecule has 0 atom stereocenters. The Morgan fingerprint density at radius 3 is 2.67 bits per heavy atom. The maximum Gasteiger partial charge on any atom is 0.303 e. The van der Waals surface area contributed by atoms with Crippen LogP contribution in [-0.2, 0) is 9.59 Å². The second-order valence-electron chi connectivity index (χ2n) is 5.33. The molecule has 0 aliphatic carbocycles. The summed E-state index contributed by atoms with van der Waals surface area (Å²) in [4.78, 5) is 25.0. The molecule has 1 saturated heterocycles. The first-order chi connectivity index (χ1) is 11.6. The molecule has 24 heavy (non-hydrogen) atoms. The lowest BCUT2D eigenvalue weighted by molar-refractivity contribution is -0.137. The van der Waals surface area contributed by atoms with E-state index in [2.05, 4.69) is 0 Å². The van der Waals surface area contributed by atoms with E-state index in [0.29, 0.717) is 22.2 Å². The molecule has 6 heteroatoms. The number of carboxylic acids is 1. The average Bonchev–Trinajstić information content (AvgIpc) is 2.82. The Labute approximate surface area is 151 Å². The molecule has 0 bridgehead atoms. The van der Waals surface area contributed by atoms with E-state index in [0.717, 1.165) is 18.4 Å². The zero-order chi connectivity index (χ0) is 17.4. The van der Waals surface area contributed by atoms with Crippen LogP contribution in [0.25, 0.3) is 6.08 Å². The van der Waals surface area contributed by atoms with E-state index in [9.17, 15) is 9.59 Å². The van der Waals surface area contributed by atoms with Crippen molar-refractivity contribution in [3.05, 3.63) is 53.0 Å². The number of nitrogens with zero attached hydrogens (tertiary/aromatic N) is 1. The predicted molar refractivity (Wildman–Crippen MR) is 102 cm³/mol. The fourth-order valence-electron chi connectivity index (χ4n) is 2.24. The Balaban J connectivity index is 1.85. The molecule has 1 aliphatic heterocycles. The predicted octanol–water partition coefficient (Wildman–Crippen LogP) is 4.09. The van der Waals surface area contributed by atoms with Crippen LogP contribution in [0.1, 0.15) is 31.2 Å². The minimum Gasteiger partial charge on any atom is -0.481 e. The number of hydrogen-bond donors (Lipinski definition) is 1. The van der Waals surface area contributed by atoms with Crippen molar-refractivity contribution in [3.8, 4) is 0 Å². The van der Waals surface area contributed by atoms with E-state index in [1.54, 1.807) is 11.0 Å². The molecule has 1 aliphatic rings. The molecule has 2 rings (SSSR count). The van der Waals surface area contributed by atoms with Crippen molar-refractivity contribution < 1.29 is 14.7 Å². The number of amides is 1. The summed E-state index contributed by atoms with van der Waals surface area (Å²) in [6.07, 6.45) is 7.91. The first-order valence-corrected chi connectivity index (χ1v) is 8.99. The Kier molecular flexibility index (Phi) is 7.21. The summed E-state index contributed by atoms with van der Waals surface area (Å²) < 4.78 is 0.567. The molecule has 126 valence electrons. The molecule has 0 saturated carbocycles. The van der Waals surface area contributed by atoms with E-state index < -0.39 is 5.97 Å². The van der Waals surface area contributed by atoms with Crippen molar-refractivity contribution in [1.29, 1.82) is 0 Å². The largest absolute Gasteiger partial charge is 0.481 e. The summed E-state index contributed by atoms with van der Waals surface area (Å²) >= 11 is 6.58. The number of carbonyl (C=O) groups is 2. The number of hydrogen-bond acceptors (Lipinski definition) is 4. The van der Waals surface area contributed by atoms with Gasteiger partial charge >= 0.3 is 5.97 Å². The highest BCUT2D eigenvalue weighted by Crippen LogP contribution is 2.31. The molecule has 1 heterocycles. The lowest BCUT2D eigenvalue weighted by atomic mass is 10.2. The first-order valence-electron chi connectivity index (χ1n) is 7.77. The number of rotatable bonds is 8. The van der Waals surface area contributed by atoms with Crippen LogP contribution in [0.5, 0.6) is 0 Å². The molecular weight excluding hydrogens is 342 g/mol. The van der Waals surface area contributed by atoms with Gasteiger partial charge in [-0.1, -0.05) is 72.9 Å². The SMILES string of the molecule is O=C(O)CCCCCN1C(=O)/C(=C/C=C\c2ccccc2)SC1=S. The quantitative estimate of drug-likeness (QED) is 0.429. The fourth-order valence-corrected chi connectivity index (χ4v) is 3.50. The zero-order valence-electron chi connectivity index (χ0n) is 13.2. The van der Waals surface area contributed by atoms with Gasteiger partial charge in [0.15, 0.2) is 0 Å². The Morgan fingerprint density at radius 1 is 1.21 bits per heavy atom. The van der Waals surface area contributed by atoms with E-state index in [4.69, 9.17) is 17.3 Å². The molecule has 0 unspecified atom stereocenters. The van der Waals surface area contributed by atoms with Gasteiger partial charge in [0.25, 0.3) is 5.91 Å². The number of allylic oxidation sites excluding steroid dienone is 2. The molecule has 0 spiro atoms. The number of carbonyl (C=O) groups excluding carboxylic acids is 1. The maximum atomic E-state index is 12.4. The smallest absolute Gasteiger partial charge is 0.303 e. The van der Waals surface area contributed by atoms with Crippen molar-refractivity contribution in [1.82, 2.24) is 4.90 Å². The lowest BCUT2D eigenvalue weighted by Crippen LogP contribution is -2.29. The van der Waals surface area contributed by atoms with E-state index in [1.807, 2.05) is 42.5 Å². The molecule has 1 fully saturated rings. The van der Waals surface area contributed by atoms with E-state index >= 15 is 0 Å². The minimum atomic E-state index is -0.784. The third-order valence-electron chi connectivity index (χ3n) is 3.48. The van der Waals surface area contributed by atoms with Gasteiger partial charge in [-0.05, 0) is 24.5 Å². The molecule has 4 nitrogen and oxygen atoms in total. The van der Waals surface area contributed by atoms with Gasteiger partial charge in [0.05, 0.1) is 4.91 Å². The summed E-state index contributed by atoms with van der Waals surface area (Å²) in [5.41, 5.74) is 1.07. The van der Waals surface area contributed by atoms with Crippen molar-refractivity contribution >= 4 is 46.3 Å². The summed E-state index contributed by atoms with van der Waals surface area (Å²) in [5, 5.41) is 8.61. The summed E-state index contributed by atoms with van der Waals surface area (Å²) in [6, 6.07) is 9.87. The van der Waals surface area contributed by atoms with Crippen molar-refractivity contribution in [3.63, 3.8) is 0 Å². The van der Waals surface area contributed by atoms with Gasteiger partial charge in [0.1, 0.15) is 4.32 Å². The van der Waals surface area contributed by atoms with Crippen LogP contribution in [0.3, 0.4) is 0 Å². The van der Waals surface area contributed by atoms with Crippen LogP contribution < -0.4 is 0 Å². The second-order valence-corrected chi connectivity index (χ2v) is 7.01. The topological polar surface area (TPSA) is 57.6 Å². The van der Waals surface area contributed by atoms with Crippen LogP contribution in [0, 0.1) is 0 Å². The van der Waals surface area contributed by atoms with Crippen LogP contribution in [0.4, 0.5) is 0 Å². The summed E-state index contributed by atoms with van der Waals surface area (Å²) in [7, 11) is 0. The Morgan fingerprint density at radius 2 is 1.96 bits per heavy atom. The highest BCUT2D eigenvalue weighted by molar-refractivity contribution is 8.26. The maximum absolute atomic E-state index is 12.4. The molecule has 1 aromatic carbocycles. The van der Waals surface area contributed by atoms with Crippen LogP contribution in [0.2, 0.25) is 0 Å². The third-order valence-corrected chi connectivity index (χ3v) is 4.88. The van der Waals surface area contributed by atoms with Gasteiger partial charge in [-0.25, -0.2) is 0 Å². The standard InChI is InChI=1S/C18H19NO3S2/c20-16(21)12-5-2-6-13-19-17(22)15(24-18(19)23)11-7-10-14-8-3-1-4-9-14/h1,3-4,7-11H,2,5-6,12-13H2,(H,20,21)/b10-7-,15-11-. The van der Waals surface area contributed by atoms with E-state index in [1.165, 1.54) is 11.8 Å². The van der Waals surface area contributed by atoms with Gasteiger partial charge in [-0.15, -0.1) is 0 Å². The van der Waals surface area contributed by atoms with Gasteiger partial charge in [0, 0.05) is 13.0 Å². The van der Waals surface area contributed by atoms with Crippen molar-refractivity contribution in [2.24, 2.45) is 0 Å². The molecule has 0 radical (unpaired) electrons. The molecular formula is C18H19NO3S2. The highest BCUT2D eigenvalue weighted by atomic mass is 32.2. The average molecular weight is 361 g/mol. The molecule has 1 aromatic rings. The van der Waals surface area contributed by atoms with Crippen LogP contribution in [0.15, 0.2) is 47.4 Å². The van der Waals surface area contributed by atoms with Crippen molar-refractivity contribution in [2.45, 2.75) is 25.7 Å². The van der Waals surface area contributed by atoms with Crippen LogP contribution >= 0.6 is 24.0 Å². The van der Waals surface area contributed by atoms with Gasteiger partial charge in [-0.3, -0.25) is 14.5 Å². The van der Waals surface area contributed by atoms with Gasteiger partial charge in [-0.2, -0.15) is 0 Å². The Hall–Kier alpha value is -1.92. The Bertz CT molecular complexity index is 668. The third kappa shape index (κ3) is 5.62. The molecule has 1 amide bonds. The highest BCUT2D eigenvalue weighted by Gasteiger charge is 2.30. The summed E-state index contributed by atoms with van der Waals surface area (Å²) in [5.74, 6) is -0.852. The monoisotopic (exact) mass is 361 g/mol. The fraction of sp³-hybridized carbons (Fsp3) is 0.278. The zero-order valence-corrected chi connectivity index (χ0v) is 14.8. The minimum absolute atomic E-state index is 0.0686. The van der Waals surface area contributed by atoms with Gasteiger partial charge in [0.2, 0.25) is 0 Å². The first kappa shape index (κ1) is 18.4. The number of thiocarbonyl (C=S) groups is 1. The number of benzene rings is 1. The number of carboxylic acid groups (broad SMARTS) is 1.